The Hall–Kier alpha value is -2.19. The monoisotopic (exact) mass is 338 g/mol. The lowest BCUT2D eigenvalue weighted by atomic mass is 9.77. The number of nitrogens with two attached hydrogens (primary N) is 1. The van der Waals surface area contributed by atoms with Gasteiger partial charge < -0.3 is 15.0 Å². The smallest absolute Gasteiger partial charge is 0.312 e. The Morgan fingerprint density at radius 3 is 2.91 bits per heavy atom. The Morgan fingerprint density at radius 1 is 1.48 bits per heavy atom. The van der Waals surface area contributed by atoms with Crippen molar-refractivity contribution in [1.82, 2.24) is 10.1 Å². The van der Waals surface area contributed by atoms with E-state index in [-0.39, 0.29) is 23.1 Å². The van der Waals surface area contributed by atoms with Gasteiger partial charge in [-0.25, -0.2) is 0 Å². The minimum Gasteiger partial charge on any atom is -0.486 e. The minimum absolute atomic E-state index is 0.147. The molecule has 0 unspecified atom stereocenters. The van der Waals surface area contributed by atoms with Crippen LogP contribution in [-0.2, 0) is 12.0 Å². The highest BCUT2D eigenvalue weighted by molar-refractivity contribution is 6.30. The SMILES string of the molecule is NC1(c2noc(CCOc3ccc(Cl)cc3[N+](=O)[O-])n2)CCC1. The van der Waals surface area contributed by atoms with Gasteiger partial charge in [0.15, 0.2) is 11.6 Å². The number of hydrogen-bond donors (Lipinski definition) is 1. The molecule has 1 heterocycles. The molecule has 2 aromatic rings. The summed E-state index contributed by atoms with van der Waals surface area (Å²) in [7, 11) is 0. The molecule has 3 rings (SSSR count). The minimum atomic E-state index is -0.541. The zero-order valence-electron chi connectivity index (χ0n) is 12.2. The van der Waals surface area contributed by atoms with Crippen LogP contribution in [0.3, 0.4) is 0 Å². The summed E-state index contributed by atoms with van der Waals surface area (Å²) < 4.78 is 10.6. The summed E-state index contributed by atoms with van der Waals surface area (Å²) in [6.07, 6.45) is 3.09. The maximum Gasteiger partial charge on any atom is 0.312 e. The van der Waals surface area contributed by atoms with Crippen molar-refractivity contribution in [3.05, 3.63) is 45.1 Å². The Kier molecular flexibility index (Phi) is 4.18. The van der Waals surface area contributed by atoms with E-state index in [1.54, 1.807) is 0 Å². The molecule has 1 aliphatic carbocycles. The van der Waals surface area contributed by atoms with Crippen molar-refractivity contribution in [3.63, 3.8) is 0 Å². The molecule has 0 atom stereocenters. The zero-order valence-corrected chi connectivity index (χ0v) is 13.0. The van der Waals surface area contributed by atoms with Gasteiger partial charge >= 0.3 is 5.69 Å². The standard InChI is InChI=1S/C14H15ClN4O4/c15-9-2-3-11(10(8-9)19(20)21)22-7-4-12-17-13(18-23-12)14(16)5-1-6-14/h2-3,8H,1,4-7,16H2. The summed E-state index contributed by atoms with van der Waals surface area (Å²) in [6, 6.07) is 4.24. The van der Waals surface area contributed by atoms with Gasteiger partial charge in [-0.2, -0.15) is 4.98 Å². The van der Waals surface area contributed by atoms with Crippen molar-refractivity contribution in [2.24, 2.45) is 5.73 Å². The van der Waals surface area contributed by atoms with E-state index in [4.69, 9.17) is 26.6 Å². The number of nitro groups is 1. The second kappa shape index (κ2) is 6.13. The summed E-state index contributed by atoms with van der Waals surface area (Å²) in [5.74, 6) is 1.05. The Bertz CT molecular complexity index is 729. The van der Waals surface area contributed by atoms with Crippen molar-refractivity contribution in [2.75, 3.05) is 6.61 Å². The van der Waals surface area contributed by atoms with E-state index in [0.29, 0.717) is 18.1 Å². The van der Waals surface area contributed by atoms with E-state index < -0.39 is 10.5 Å². The molecule has 0 bridgehead atoms. The maximum atomic E-state index is 11.0. The van der Waals surface area contributed by atoms with E-state index in [1.807, 2.05) is 0 Å². The lowest BCUT2D eigenvalue weighted by Crippen LogP contribution is -2.44. The third kappa shape index (κ3) is 3.27. The number of aromatic nitrogens is 2. The lowest BCUT2D eigenvalue weighted by Gasteiger charge is -2.34. The van der Waals surface area contributed by atoms with Gasteiger partial charge in [-0.1, -0.05) is 16.8 Å². The van der Waals surface area contributed by atoms with Crippen molar-refractivity contribution in [1.29, 1.82) is 0 Å². The van der Waals surface area contributed by atoms with Crippen LogP contribution in [0.1, 0.15) is 31.0 Å². The highest BCUT2D eigenvalue weighted by Gasteiger charge is 2.38. The van der Waals surface area contributed by atoms with Gasteiger partial charge in [-0.3, -0.25) is 10.1 Å². The van der Waals surface area contributed by atoms with Crippen LogP contribution in [0, 0.1) is 10.1 Å². The summed E-state index contributed by atoms with van der Waals surface area (Å²) in [5, 5.41) is 15.2. The Labute approximate surface area is 136 Å². The van der Waals surface area contributed by atoms with E-state index >= 15 is 0 Å². The first-order chi connectivity index (χ1) is 11.0. The predicted molar refractivity (Wildman–Crippen MR) is 81.3 cm³/mol. The fourth-order valence-corrected chi connectivity index (χ4v) is 2.51. The number of nitro benzene ring substituents is 1. The van der Waals surface area contributed by atoms with E-state index in [0.717, 1.165) is 19.3 Å². The molecule has 1 aromatic carbocycles. The Balaban J connectivity index is 1.61. The number of ether oxygens (including phenoxy) is 1. The molecule has 1 aromatic heterocycles. The third-order valence-corrected chi connectivity index (χ3v) is 4.09. The van der Waals surface area contributed by atoms with Gasteiger partial charge in [0.25, 0.3) is 0 Å². The van der Waals surface area contributed by atoms with Gasteiger partial charge in [0.05, 0.1) is 23.5 Å². The first-order valence-corrected chi connectivity index (χ1v) is 7.54. The first kappa shape index (κ1) is 15.7. The van der Waals surface area contributed by atoms with Crippen LogP contribution in [0.15, 0.2) is 22.7 Å². The fourth-order valence-electron chi connectivity index (χ4n) is 2.34. The molecule has 9 heteroatoms. The van der Waals surface area contributed by atoms with Crippen LogP contribution in [-0.4, -0.2) is 21.7 Å². The van der Waals surface area contributed by atoms with E-state index in [9.17, 15) is 10.1 Å². The van der Waals surface area contributed by atoms with Crippen LogP contribution < -0.4 is 10.5 Å². The van der Waals surface area contributed by atoms with Crippen molar-refractivity contribution < 1.29 is 14.2 Å². The number of hydrogen-bond acceptors (Lipinski definition) is 7. The average molecular weight is 339 g/mol. The molecule has 0 amide bonds. The largest absolute Gasteiger partial charge is 0.486 e. The molecule has 1 aliphatic rings. The van der Waals surface area contributed by atoms with Crippen molar-refractivity contribution in [3.8, 4) is 5.75 Å². The molecule has 0 radical (unpaired) electrons. The first-order valence-electron chi connectivity index (χ1n) is 7.17. The highest BCUT2D eigenvalue weighted by Crippen LogP contribution is 2.37. The van der Waals surface area contributed by atoms with Crippen LogP contribution in [0.4, 0.5) is 5.69 Å². The van der Waals surface area contributed by atoms with E-state index in [2.05, 4.69) is 10.1 Å². The van der Waals surface area contributed by atoms with Crippen molar-refractivity contribution >= 4 is 17.3 Å². The van der Waals surface area contributed by atoms with Crippen LogP contribution in [0.2, 0.25) is 5.02 Å². The van der Waals surface area contributed by atoms with E-state index in [1.165, 1.54) is 18.2 Å². The molecule has 8 nitrogen and oxygen atoms in total. The number of rotatable bonds is 6. The lowest BCUT2D eigenvalue weighted by molar-refractivity contribution is -0.385. The number of benzene rings is 1. The zero-order chi connectivity index (χ0) is 16.4. The maximum absolute atomic E-state index is 11.0. The molecule has 1 fully saturated rings. The second-order valence-electron chi connectivity index (χ2n) is 5.49. The molecule has 0 spiro atoms. The van der Waals surface area contributed by atoms with Crippen LogP contribution in [0.5, 0.6) is 5.75 Å². The molecule has 23 heavy (non-hydrogen) atoms. The summed E-state index contributed by atoms with van der Waals surface area (Å²) in [6.45, 7) is 0.168. The fraction of sp³-hybridized carbons (Fsp3) is 0.429. The molecule has 122 valence electrons. The van der Waals surface area contributed by atoms with Crippen LogP contribution >= 0.6 is 11.6 Å². The Morgan fingerprint density at radius 2 is 2.26 bits per heavy atom. The average Bonchev–Trinajstić information content (AvgIpc) is 2.95. The van der Waals surface area contributed by atoms with Crippen LogP contribution in [0.25, 0.3) is 0 Å². The normalized spacial score (nSPS) is 15.9. The molecule has 2 N–H and O–H groups in total. The highest BCUT2D eigenvalue weighted by atomic mass is 35.5. The topological polar surface area (TPSA) is 117 Å². The number of nitrogens with zero attached hydrogens (tertiary/aromatic N) is 3. The van der Waals surface area contributed by atoms with Gasteiger partial charge in [0.2, 0.25) is 5.89 Å². The molecular weight excluding hydrogens is 324 g/mol. The third-order valence-electron chi connectivity index (χ3n) is 3.85. The van der Waals surface area contributed by atoms with Crippen molar-refractivity contribution in [2.45, 2.75) is 31.2 Å². The van der Waals surface area contributed by atoms with Gasteiger partial charge in [0.1, 0.15) is 0 Å². The molecule has 0 aliphatic heterocycles. The molecule has 1 saturated carbocycles. The molecule has 0 saturated heterocycles. The summed E-state index contributed by atoms with van der Waals surface area (Å²) in [5.41, 5.74) is 5.46. The summed E-state index contributed by atoms with van der Waals surface area (Å²) in [4.78, 5) is 14.7. The second-order valence-corrected chi connectivity index (χ2v) is 5.93. The predicted octanol–water partition coefficient (Wildman–Crippen LogP) is 2.59. The number of halogens is 1. The molecular formula is C14H15ClN4O4. The van der Waals surface area contributed by atoms with Gasteiger partial charge in [0, 0.05) is 11.1 Å². The quantitative estimate of drug-likeness (QED) is 0.635. The summed E-state index contributed by atoms with van der Waals surface area (Å²) >= 11 is 5.75. The van der Waals surface area contributed by atoms with Gasteiger partial charge in [-0.05, 0) is 31.4 Å². The van der Waals surface area contributed by atoms with Gasteiger partial charge in [-0.15, -0.1) is 0 Å².